The molecule has 0 aromatic heterocycles. The van der Waals surface area contributed by atoms with Gasteiger partial charge in [-0.15, -0.1) is 0 Å². The Balaban J connectivity index is 2.65. The van der Waals surface area contributed by atoms with Gasteiger partial charge in [-0.05, 0) is 24.3 Å². The van der Waals surface area contributed by atoms with Gasteiger partial charge in [-0.3, -0.25) is 4.79 Å². The van der Waals surface area contributed by atoms with Crippen LogP contribution in [0.3, 0.4) is 0 Å². The summed E-state index contributed by atoms with van der Waals surface area (Å²) in [7, 11) is 1.55. The van der Waals surface area contributed by atoms with Crippen molar-refractivity contribution >= 4 is 33.9 Å². The van der Waals surface area contributed by atoms with Crippen LogP contribution in [0, 0.1) is 0 Å². The summed E-state index contributed by atoms with van der Waals surface area (Å²) in [5, 5.41) is 11.3. The zero-order chi connectivity index (χ0) is 15.7. The van der Waals surface area contributed by atoms with E-state index in [4.69, 9.17) is 14.6 Å². The Kier molecular flexibility index (Phi) is 7.49. The molecule has 1 aromatic rings. The Morgan fingerprint density at radius 1 is 1.43 bits per heavy atom. The molecule has 21 heavy (non-hydrogen) atoms. The molecule has 2 N–H and O–H groups in total. The number of carbonyl (C=O) groups excluding carboxylic acids is 1. The number of methoxy groups -OCH3 is 1. The van der Waals surface area contributed by atoms with Gasteiger partial charge in [-0.2, -0.15) is 0 Å². The maximum Gasteiger partial charge on any atom is 0.328 e. The molecule has 1 rings (SSSR count). The van der Waals surface area contributed by atoms with Gasteiger partial charge < -0.3 is 19.9 Å². The van der Waals surface area contributed by atoms with Gasteiger partial charge in [0.05, 0.1) is 6.61 Å². The number of carboxylic acids is 1. The number of hydrogen-bond acceptors (Lipinski definition) is 4. The lowest BCUT2D eigenvalue weighted by Crippen LogP contribution is -2.31. The van der Waals surface area contributed by atoms with Crippen molar-refractivity contribution in [1.82, 2.24) is 5.32 Å². The normalized spacial score (nSPS) is 10.6. The van der Waals surface area contributed by atoms with Crippen molar-refractivity contribution in [3.05, 3.63) is 34.3 Å². The Morgan fingerprint density at radius 2 is 2.19 bits per heavy atom. The molecule has 0 radical (unpaired) electrons. The van der Waals surface area contributed by atoms with E-state index in [1.54, 1.807) is 25.3 Å². The third-order valence-corrected chi connectivity index (χ3v) is 2.86. The molecule has 0 unspecified atom stereocenters. The molecule has 6 nitrogen and oxygen atoms in total. The van der Waals surface area contributed by atoms with Gasteiger partial charge in [0.1, 0.15) is 5.75 Å². The fourth-order valence-electron chi connectivity index (χ4n) is 1.43. The van der Waals surface area contributed by atoms with Crippen molar-refractivity contribution < 1.29 is 24.2 Å². The Morgan fingerprint density at radius 3 is 2.86 bits per heavy atom. The van der Waals surface area contributed by atoms with E-state index >= 15 is 0 Å². The number of amides is 1. The number of carboxylic acid groups (broad SMARTS) is 1. The summed E-state index contributed by atoms with van der Waals surface area (Å²) in [6, 6.07) is 5.11. The summed E-state index contributed by atoms with van der Waals surface area (Å²) in [5.74, 6) is -0.904. The average molecular weight is 358 g/mol. The molecule has 114 valence electrons. The third kappa shape index (κ3) is 6.92. The molecular weight excluding hydrogens is 342 g/mol. The number of aliphatic carboxylic acids is 1. The summed E-state index contributed by atoms with van der Waals surface area (Å²) in [4.78, 5) is 22.1. The lowest BCUT2D eigenvalue weighted by molar-refractivity contribution is -0.131. The van der Waals surface area contributed by atoms with Crippen molar-refractivity contribution in [3.8, 4) is 5.75 Å². The smallest absolute Gasteiger partial charge is 0.328 e. The topological polar surface area (TPSA) is 84.9 Å². The van der Waals surface area contributed by atoms with E-state index in [1.807, 2.05) is 0 Å². The SMILES string of the molecule is COCCNC(=O)COc1ccc(Br)cc1C=CC(=O)O. The standard InChI is InChI=1S/C14H16BrNO5/c1-20-7-6-16-13(17)9-21-12-4-3-11(15)8-10(12)2-5-14(18)19/h2-5,8H,6-7,9H2,1H3,(H,16,17)(H,18,19). The van der Waals surface area contributed by atoms with Crippen molar-refractivity contribution in [2.75, 3.05) is 26.9 Å². The second-order valence-corrected chi connectivity index (χ2v) is 4.90. The predicted octanol–water partition coefficient (Wildman–Crippen LogP) is 1.69. The fourth-order valence-corrected chi connectivity index (χ4v) is 1.81. The number of benzene rings is 1. The van der Waals surface area contributed by atoms with Gasteiger partial charge in [0, 0.05) is 29.8 Å². The van der Waals surface area contributed by atoms with Crippen molar-refractivity contribution in [2.24, 2.45) is 0 Å². The first-order chi connectivity index (χ1) is 10.0. The van der Waals surface area contributed by atoms with Crippen molar-refractivity contribution in [1.29, 1.82) is 0 Å². The lowest BCUT2D eigenvalue weighted by atomic mass is 10.2. The second kappa shape index (κ2) is 9.15. The summed E-state index contributed by atoms with van der Waals surface area (Å²) in [6.45, 7) is 0.681. The molecule has 0 aliphatic heterocycles. The first kappa shape index (κ1) is 17.2. The molecule has 7 heteroatoms. The van der Waals surface area contributed by atoms with Crippen LogP contribution in [0.15, 0.2) is 28.7 Å². The van der Waals surface area contributed by atoms with E-state index in [0.717, 1.165) is 10.5 Å². The third-order valence-electron chi connectivity index (χ3n) is 2.36. The van der Waals surface area contributed by atoms with Crippen LogP contribution in [-0.2, 0) is 14.3 Å². The monoisotopic (exact) mass is 357 g/mol. The van der Waals surface area contributed by atoms with Gasteiger partial charge in [-0.25, -0.2) is 4.79 Å². The second-order valence-electron chi connectivity index (χ2n) is 3.99. The first-order valence-electron chi connectivity index (χ1n) is 6.12. The van der Waals surface area contributed by atoms with Crippen LogP contribution >= 0.6 is 15.9 Å². The van der Waals surface area contributed by atoms with Crippen LogP contribution in [0.5, 0.6) is 5.75 Å². The van der Waals surface area contributed by atoms with E-state index < -0.39 is 5.97 Å². The molecule has 0 heterocycles. The van der Waals surface area contributed by atoms with Gasteiger partial charge in [0.25, 0.3) is 5.91 Å². The van der Waals surface area contributed by atoms with Crippen LogP contribution in [0.2, 0.25) is 0 Å². The highest BCUT2D eigenvalue weighted by Gasteiger charge is 2.06. The summed E-state index contributed by atoms with van der Waals surface area (Å²) in [5.41, 5.74) is 0.566. The Labute approximate surface area is 130 Å². The summed E-state index contributed by atoms with van der Waals surface area (Å²) < 4.78 is 11.0. The van der Waals surface area contributed by atoms with Gasteiger partial charge >= 0.3 is 5.97 Å². The number of rotatable bonds is 8. The minimum atomic E-state index is -1.06. The van der Waals surface area contributed by atoms with E-state index in [0.29, 0.717) is 24.5 Å². The molecule has 0 bridgehead atoms. The van der Waals surface area contributed by atoms with Gasteiger partial charge in [0.2, 0.25) is 0 Å². The zero-order valence-corrected chi connectivity index (χ0v) is 13.1. The highest BCUT2D eigenvalue weighted by Crippen LogP contribution is 2.24. The Hall–Kier alpha value is -1.86. The van der Waals surface area contributed by atoms with Crippen LogP contribution in [0.25, 0.3) is 6.08 Å². The van der Waals surface area contributed by atoms with Crippen molar-refractivity contribution in [2.45, 2.75) is 0 Å². The number of ether oxygens (including phenoxy) is 2. The number of nitrogens with one attached hydrogen (secondary N) is 1. The lowest BCUT2D eigenvalue weighted by Gasteiger charge is -2.10. The average Bonchev–Trinajstić information content (AvgIpc) is 2.44. The highest BCUT2D eigenvalue weighted by molar-refractivity contribution is 9.10. The fraction of sp³-hybridized carbons (Fsp3) is 0.286. The predicted molar refractivity (Wildman–Crippen MR) is 81.2 cm³/mol. The minimum absolute atomic E-state index is 0.154. The van der Waals surface area contributed by atoms with Gasteiger partial charge in [-0.1, -0.05) is 15.9 Å². The largest absolute Gasteiger partial charge is 0.483 e. The van der Waals surface area contributed by atoms with Crippen LogP contribution in [-0.4, -0.2) is 43.9 Å². The summed E-state index contributed by atoms with van der Waals surface area (Å²) in [6.07, 6.45) is 2.42. The van der Waals surface area contributed by atoms with Crippen LogP contribution in [0.1, 0.15) is 5.56 Å². The molecule has 0 atom stereocenters. The molecule has 1 amide bonds. The summed E-state index contributed by atoms with van der Waals surface area (Å²) >= 11 is 3.30. The maximum atomic E-state index is 11.5. The number of carbonyl (C=O) groups is 2. The van der Waals surface area contributed by atoms with Gasteiger partial charge in [0.15, 0.2) is 6.61 Å². The first-order valence-corrected chi connectivity index (χ1v) is 6.91. The number of hydrogen-bond donors (Lipinski definition) is 2. The van der Waals surface area contributed by atoms with Crippen molar-refractivity contribution in [3.63, 3.8) is 0 Å². The minimum Gasteiger partial charge on any atom is -0.483 e. The molecular formula is C14H16BrNO5. The molecule has 0 fully saturated rings. The maximum absolute atomic E-state index is 11.5. The van der Waals surface area contributed by atoms with E-state index in [-0.39, 0.29) is 12.5 Å². The highest BCUT2D eigenvalue weighted by atomic mass is 79.9. The Bertz CT molecular complexity index is 530. The molecule has 0 saturated heterocycles. The molecule has 0 aliphatic rings. The molecule has 1 aromatic carbocycles. The molecule has 0 saturated carbocycles. The van der Waals surface area contributed by atoms with Crippen LogP contribution in [0.4, 0.5) is 0 Å². The van der Waals surface area contributed by atoms with E-state index in [9.17, 15) is 9.59 Å². The molecule has 0 spiro atoms. The zero-order valence-electron chi connectivity index (χ0n) is 11.5. The van der Waals surface area contributed by atoms with Crippen LogP contribution < -0.4 is 10.1 Å². The van der Waals surface area contributed by atoms with E-state index in [1.165, 1.54) is 6.08 Å². The number of halogens is 1. The quantitative estimate of drug-likeness (QED) is 0.546. The molecule has 0 aliphatic carbocycles. The van der Waals surface area contributed by atoms with E-state index in [2.05, 4.69) is 21.2 Å².